The Balaban J connectivity index is 2.45. The lowest BCUT2D eigenvalue weighted by Crippen LogP contribution is -2.09. The van der Waals surface area contributed by atoms with Crippen LogP contribution in [0.1, 0.15) is 0 Å². The van der Waals surface area contributed by atoms with Crippen molar-refractivity contribution in [3.05, 3.63) is 0 Å². The maximum Gasteiger partial charge on any atom is 0.129 e. The Bertz CT molecular complexity index is 118. The fourth-order valence-corrected chi connectivity index (χ4v) is 0.773. The van der Waals surface area contributed by atoms with E-state index in [1.165, 1.54) is 0 Å². The van der Waals surface area contributed by atoms with Crippen LogP contribution in [0.4, 0.5) is 4.39 Å². The van der Waals surface area contributed by atoms with Crippen LogP contribution in [0.3, 0.4) is 0 Å². The molecule has 0 aliphatic carbocycles. The first-order chi connectivity index (χ1) is 3.84. The molecule has 1 N–H and O–H groups in total. The molecule has 1 aliphatic rings. The maximum absolute atomic E-state index is 12.3. The highest BCUT2D eigenvalue weighted by Crippen LogP contribution is 2.09. The first-order valence-corrected chi connectivity index (χ1v) is 2.59. The van der Waals surface area contributed by atoms with Gasteiger partial charge in [0.1, 0.15) is 6.17 Å². The normalized spacial score (nSPS) is 37.0. The molecule has 0 aromatic rings. The molecule has 1 fully saturated rings. The van der Waals surface area contributed by atoms with Gasteiger partial charge in [-0.1, -0.05) is 0 Å². The van der Waals surface area contributed by atoms with Crippen LogP contribution < -0.4 is 5.32 Å². The molecule has 0 radical (unpaired) electrons. The van der Waals surface area contributed by atoms with E-state index in [9.17, 15) is 4.39 Å². The second kappa shape index (κ2) is 2.10. The lowest BCUT2D eigenvalue weighted by Gasteiger charge is -1.96. The fraction of sp³-hybridized carbons (Fsp3) is 0.800. The number of halogens is 1. The minimum Gasteiger partial charge on any atom is -0.312 e. The summed E-state index contributed by atoms with van der Waals surface area (Å²) in [6, 6.07) is 1.88. The third-order valence-corrected chi connectivity index (χ3v) is 1.31. The van der Waals surface area contributed by atoms with E-state index >= 15 is 0 Å². The van der Waals surface area contributed by atoms with Crippen molar-refractivity contribution in [2.24, 2.45) is 5.92 Å². The van der Waals surface area contributed by atoms with Crippen molar-refractivity contribution in [1.29, 1.82) is 5.26 Å². The van der Waals surface area contributed by atoms with E-state index < -0.39 is 12.1 Å². The van der Waals surface area contributed by atoms with Crippen LogP contribution >= 0.6 is 0 Å². The quantitative estimate of drug-likeness (QED) is 0.483. The van der Waals surface area contributed by atoms with Crippen LogP contribution in [-0.4, -0.2) is 19.3 Å². The Hall–Kier alpha value is -0.620. The number of hydrogen-bond acceptors (Lipinski definition) is 2. The summed E-state index contributed by atoms with van der Waals surface area (Å²) in [4.78, 5) is 0. The number of nitrogens with zero attached hydrogens (tertiary/aromatic N) is 1. The third-order valence-electron chi connectivity index (χ3n) is 1.31. The van der Waals surface area contributed by atoms with E-state index in [1.807, 2.05) is 6.07 Å². The monoisotopic (exact) mass is 114 g/mol. The van der Waals surface area contributed by atoms with Gasteiger partial charge in [-0.2, -0.15) is 5.26 Å². The van der Waals surface area contributed by atoms with E-state index in [1.54, 1.807) is 0 Å². The van der Waals surface area contributed by atoms with Gasteiger partial charge in [0.2, 0.25) is 0 Å². The molecule has 0 bridgehead atoms. The van der Waals surface area contributed by atoms with Gasteiger partial charge in [0.15, 0.2) is 0 Å². The lowest BCUT2D eigenvalue weighted by molar-refractivity contribution is 0.322. The molecular formula is C5H7FN2. The molecule has 1 heterocycles. The van der Waals surface area contributed by atoms with Crippen LogP contribution in [0.15, 0.2) is 0 Å². The molecule has 1 aliphatic heterocycles. The molecule has 0 unspecified atom stereocenters. The summed E-state index contributed by atoms with van der Waals surface area (Å²) in [5.41, 5.74) is 0. The van der Waals surface area contributed by atoms with Crippen molar-refractivity contribution in [2.75, 3.05) is 13.1 Å². The standard InChI is InChI=1S/C5H7FN2/c6-5-3-8-2-4(5)1-7/h4-5,8H,2-3H2/t4-,5-/m1/s1. The summed E-state index contributed by atoms with van der Waals surface area (Å²) in [7, 11) is 0. The van der Waals surface area contributed by atoms with Gasteiger partial charge in [-0.15, -0.1) is 0 Å². The van der Waals surface area contributed by atoms with Crippen molar-refractivity contribution in [1.82, 2.24) is 5.32 Å². The minimum absolute atomic E-state index is 0.345. The van der Waals surface area contributed by atoms with Crippen LogP contribution in [0.5, 0.6) is 0 Å². The molecule has 2 atom stereocenters. The zero-order valence-electron chi connectivity index (χ0n) is 4.39. The Kier molecular flexibility index (Phi) is 1.45. The Morgan fingerprint density at radius 1 is 1.62 bits per heavy atom. The van der Waals surface area contributed by atoms with E-state index in [2.05, 4.69) is 5.32 Å². The Morgan fingerprint density at radius 3 is 2.62 bits per heavy atom. The predicted molar refractivity (Wildman–Crippen MR) is 26.9 cm³/mol. The van der Waals surface area contributed by atoms with Gasteiger partial charge in [-0.3, -0.25) is 0 Å². The summed E-state index contributed by atoms with van der Waals surface area (Å²) >= 11 is 0. The Morgan fingerprint density at radius 2 is 2.38 bits per heavy atom. The molecule has 1 rings (SSSR count). The van der Waals surface area contributed by atoms with Crippen molar-refractivity contribution in [2.45, 2.75) is 6.17 Å². The van der Waals surface area contributed by atoms with Crippen molar-refractivity contribution < 1.29 is 4.39 Å². The number of nitriles is 1. The van der Waals surface area contributed by atoms with Crippen molar-refractivity contribution in [3.8, 4) is 6.07 Å². The molecule has 0 amide bonds. The Labute approximate surface area is 47.3 Å². The van der Waals surface area contributed by atoms with Gasteiger partial charge in [0.05, 0.1) is 12.0 Å². The molecule has 1 saturated heterocycles. The van der Waals surface area contributed by atoms with E-state index in [-0.39, 0.29) is 0 Å². The van der Waals surface area contributed by atoms with Gasteiger partial charge >= 0.3 is 0 Å². The molecule has 2 nitrogen and oxygen atoms in total. The smallest absolute Gasteiger partial charge is 0.129 e. The predicted octanol–water partition coefficient (Wildman–Crippen LogP) is 0.0675. The average molecular weight is 114 g/mol. The number of alkyl halides is 1. The van der Waals surface area contributed by atoms with E-state index in [0.717, 1.165) is 0 Å². The molecule has 0 aromatic heterocycles. The molecule has 0 saturated carbocycles. The van der Waals surface area contributed by atoms with Crippen LogP contribution in [0.25, 0.3) is 0 Å². The number of nitrogens with one attached hydrogen (secondary N) is 1. The third kappa shape index (κ3) is 0.797. The number of hydrogen-bond donors (Lipinski definition) is 1. The highest BCUT2D eigenvalue weighted by atomic mass is 19.1. The molecule has 0 spiro atoms. The summed E-state index contributed by atoms with van der Waals surface area (Å²) in [6.07, 6.45) is -0.944. The number of rotatable bonds is 0. The van der Waals surface area contributed by atoms with Crippen LogP contribution in [-0.2, 0) is 0 Å². The van der Waals surface area contributed by atoms with Crippen molar-refractivity contribution in [3.63, 3.8) is 0 Å². The van der Waals surface area contributed by atoms with Gasteiger partial charge in [-0.05, 0) is 0 Å². The maximum atomic E-state index is 12.3. The highest BCUT2D eigenvalue weighted by Gasteiger charge is 2.25. The SMILES string of the molecule is N#C[C@@H]1CNC[C@H]1F. The largest absolute Gasteiger partial charge is 0.312 e. The van der Waals surface area contributed by atoms with Gasteiger partial charge in [0.25, 0.3) is 0 Å². The summed E-state index contributed by atoms with van der Waals surface area (Å²) in [5.74, 6) is -0.407. The molecule has 44 valence electrons. The zero-order chi connectivity index (χ0) is 5.98. The minimum atomic E-state index is -0.944. The van der Waals surface area contributed by atoms with Gasteiger partial charge < -0.3 is 5.32 Å². The molecule has 3 heteroatoms. The topological polar surface area (TPSA) is 35.8 Å². The van der Waals surface area contributed by atoms with Gasteiger partial charge in [-0.25, -0.2) is 4.39 Å². The van der Waals surface area contributed by atoms with E-state index in [0.29, 0.717) is 13.1 Å². The molecular weight excluding hydrogens is 107 g/mol. The fourth-order valence-electron chi connectivity index (χ4n) is 0.773. The van der Waals surface area contributed by atoms with Crippen molar-refractivity contribution >= 4 is 0 Å². The second-order valence-corrected chi connectivity index (χ2v) is 1.91. The molecule has 0 aromatic carbocycles. The average Bonchev–Trinajstić information content (AvgIpc) is 2.14. The summed E-state index contributed by atoms with van der Waals surface area (Å²) in [5, 5.41) is 11.0. The van der Waals surface area contributed by atoms with Crippen LogP contribution in [0.2, 0.25) is 0 Å². The second-order valence-electron chi connectivity index (χ2n) is 1.91. The van der Waals surface area contributed by atoms with Crippen LogP contribution in [0, 0.1) is 17.2 Å². The first-order valence-electron chi connectivity index (χ1n) is 2.59. The van der Waals surface area contributed by atoms with E-state index in [4.69, 9.17) is 5.26 Å². The summed E-state index contributed by atoms with van der Waals surface area (Å²) in [6.45, 7) is 0.857. The van der Waals surface area contributed by atoms with Gasteiger partial charge in [0, 0.05) is 13.1 Å². The first kappa shape index (κ1) is 5.52. The summed E-state index contributed by atoms with van der Waals surface area (Å²) < 4.78 is 12.3. The molecule has 8 heavy (non-hydrogen) atoms. The lowest BCUT2D eigenvalue weighted by atomic mass is 10.1. The zero-order valence-corrected chi connectivity index (χ0v) is 4.39. The highest BCUT2D eigenvalue weighted by molar-refractivity contribution is 4.95.